The molecule has 0 aliphatic carbocycles. The lowest BCUT2D eigenvalue weighted by Gasteiger charge is -2.11. The number of hydrogen-bond donors (Lipinski definition) is 2. The van der Waals surface area contributed by atoms with Crippen molar-refractivity contribution in [1.82, 2.24) is 15.5 Å². The highest BCUT2D eigenvalue weighted by Crippen LogP contribution is 2.06. The van der Waals surface area contributed by atoms with Crippen LogP contribution in [0.3, 0.4) is 0 Å². The highest BCUT2D eigenvalue weighted by Gasteiger charge is 2.10. The molecule has 21 heavy (non-hydrogen) atoms. The van der Waals surface area contributed by atoms with Crippen molar-refractivity contribution in [3.05, 3.63) is 35.4 Å². The van der Waals surface area contributed by atoms with E-state index in [1.54, 1.807) is 24.3 Å². The van der Waals surface area contributed by atoms with Crippen LogP contribution in [0, 0.1) is 0 Å². The molecule has 0 spiro atoms. The summed E-state index contributed by atoms with van der Waals surface area (Å²) in [5.74, 6) is -0.305. The highest BCUT2D eigenvalue weighted by molar-refractivity contribution is 5.99. The van der Waals surface area contributed by atoms with Crippen molar-refractivity contribution in [1.29, 1.82) is 0 Å². The lowest BCUT2D eigenvalue weighted by Crippen LogP contribution is -2.31. The van der Waals surface area contributed by atoms with Crippen LogP contribution in [0.15, 0.2) is 24.3 Å². The third-order valence-corrected chi connectivity index (χ3v) is 2.87. The van der Waals surface area contributed by atoms with Crippen molar-refractivity contribution in [3.8, 4) is 0 Å². The van der Waals surface area contributed by atoms with Crippen molar-refractivity contribution in [2.75, 3.05) is 27.2 Å². The fraction of sp³-hybridized carbons (Fsp3) is 0.500. The average Bonchev–Trinajstić information content (AvgIpc) is 2.42. The fourth-order valence-electron chi connectivity index (χ4n) is 1.85. The molecular formula is C16H25N3O2. The summed E-state index contributed by atoms with van der Waals surface area (Å²) in [6.45, 7) is 5.36. The molecule has 1 rings (SSSR count). The minimum Gasteiger partial charge on any atom is -0.352 e. The molecule has 0 atom stereocenters. The maximum absolute atomic E-state index is 12.0. The summed E-state index contributed by atoms with van der Waals surface area (Å²) >= 11 is 0. The summed E-state index contributed by atoms with van der Waals surface area (Å²) in [6.07, 6.45) is 0.895. The van der Waals surface area contributed by atoms with Crippen molar-refractivity contribution in [2.24, 2.45) is 0 Å². The van der Waals surface area contributed by atoms with Crippen molar-refractivity contribution in [3.63, 3.8) is 0 Å². The molecule has 2 amide bonds. The molecule has 116 valence electrons. The van der Waals surface area contributed by atoms with Crippen LogP contribution in [0.1, 0.15) is 41.0 Å². The molecule has 0 saturated carbocycles. The highest BCUT2D eigenvalue weighted by atomic mass is 16.2. The van der Waals surface area contributed by atoms with Crippen LogP contribution in [-0.4, -0.2) is 49.9 Å². The normalized spacial score (nSPS) is 10.8. The smallest absolute Gasteiger partial charge is 0.251 e. The molecule has 0 fully saturated rings. The Morgan fingerprint density at radius 2 is 1.76 bits per heavy atom. The van der Waals surface area contributed by atoms with Gasteiger partial charge in [-0.05, 0) is 59.1 Å². The zero-order valence-corrected chi connectivity index (χ0v) is 13.3. The van der Waals surface area contributed by atoms with Crippen molar-refractivity contribution >= 4 is 11.8 Å². The van der Waals surface area contributed by atoms with Crippen LogP contribution < -0.4 is 10.6 Å². The van der Waals surface area contributed by atoms with Gasteiger partial charge in [-0.1, -0.05) is 6.07 Å². The van der Waals surface area contributed by atoms with Gasteiger partial charge in [0.2, 0.25) is 0 Å². The Bertz CT molecular complexity index is 484. The van der Waals surface area contributed by atoms with Gasteiger partial charge in [-0.25, -0.2) is 0 Å². The first-order chi connectivity index (χ1) is 9.90. The van der Waals surface area contributed by atoms with Gasteiger partial charge in [-0.2, -0.15) is 0 Å². The maximum Gasteiger partial charge on any atom is 0.251 e. The second-order valence-corrected chi connectivity index (χ2v) is 5.62. The maximum atomic E-state index is 12.0. The lowest BCUT2D eigenvalue weighted by molar-refractivity contribution is 0.0943. The van der Waals surface area contributed by atoms with Gasteiger partial charge in [0.05, 0.1) is 0 Å². The van der Waals surface area contributed by atoms with Gasteiger partial charge in [0.1, 0.15) is 0 Å². The second kappa shape index (κ2) is 8.42. The van der Waals surface area contributed by atoms with E-state index < -0.39 is 0 Å². The standard InChI is InChI=1S/C16H25N3O2/c1-12(2)18-16(21)14-8-5-7-13(11-14)15(20)17-9-6-10-19(3)4/h5,7-8,11-12H,6,9-10H2,1-4H3,(H,17,20)(H,18,21). The van der Waals surface area contributed by atoms with E-state index in [0.29, 0.717) is 17.7 Å². The predicted molar refractivity (Wildman–Crippen MR) is 84.5 cm³/mol. The van der Waals surface area contributed by atoms with E-state index in [-0.39, 0.29) is 17.9 Å². The Balaban J connectivity index is 2.58. The number of nitrogens with one attached hydrogen (secondary N) is 2. The molecule has 0 heterocycles. The van der Waals surface area contributed by atoms with E-state index >= 15 is 0 Å². The number of nitrogens with zero attached hydrogens (tertiary/aromatic N) is 1. The summed E-state index contributed by atoms with van der Waals surface area (Å²) in [6, 6.07) is 6.85. The Hall–Kier alpha value is -1.88. The monoisotopic (exact) mass is 291 g/mol. The van der Waals surface area contributed by atoms with Crippen molar-refractivity contribution in [2.45, 2.75) is 26.3 Å². The van der Waals surface area contributed by atoms with Crippen molar-refractivity contribution < 1.29 is 9.59 Å². The van der Waals surface area contributed by atoms with Gasteiger partial charge < -0.3 is 15.5 Å². The Morgan fingerprint density at radius 3 is 2.33 bits per heavy atom. The van der Waals surface area contributed by atoms with E-state index in [1.807, 2.05) is 27.9 Å². The number of carbonyl (C=O) groups excluding carboxylic acids is 2. The van der Waals surface area contributed by atoms with Crippen LogP contribution in [0.5, 0.6) is 0 Å². The van der Waals surface area contributed by atoms with Crippen LogP contribution in [-0.2, 0) is 0 Å². The predicted octanol–water partition coefficient (Wildman–Crippen LogP) is 1.51. The molecule has 0 aliphatic heterocycles. The molecule has 5 heteroatoms. The summed E-state index contributed by atoms with van der Waals surface area (Å²) in [5.41, 5.74) is 1.01. The average molecular weight is 291 g/mol. The third-order valence-electron chi connectivity index (χ3n) is 2.87. The first kappa shape index (κ1) is 17.2. The van der Waals surface area contributed by atoms with Crippen LogP contribution in [0.2, 0.25) is 0 Å². The molecule has 1 aromatic carbocycles. The summed E-state index contributed by atoms with van der Waals surface area (Å²) < 4.78 is 0. The first-order valence-corrected chi connectivity index (χ1v) is 7.24. The third kappa shape index (κ3) is 6.40. The van der Waals surface area contributed by atoms with E-state index in [9.17, 15) is 9.59 Å². The molecule has 2 N–H and O–H groups in total. The number of amides is 2. The fourth-order valence-corrected chi connectivity index (χ4v) is 1.85. The minimum absolute atomic E-state index is 0.0704. The molecule has 0 unspecified atom stereocenters. The molecule has 0 aliphatic rings. The van der Waals surface area contributed by atoms with Crippen LogP contribution >= 0.6 is 0 Å². The number of hydrogen-bond acceptors (Lipinski definition) is 3. The lowest BCUT2D eigenvalue weighted by atomic mass is 10.1. The Labute approximate surface area is 126 Å². The quantitative estimate of drug-likeness (QED) is 0.749. The van der Waals surface area contributed by atoms with Crippen LogP contribution in [0.4, 0.5) is 0 Å². The minimum atomic E-state index is -0.160. The molecular weight excluding hydrogens is 266 g/mol. The van der Waals surface area contributed by atoms with E-state index in [2.05, 4.69) is 15.5 Å². The Kier molecular flexibility index (Phi) is 6.88. The van der Waals surface area contributed by atoms with Gasteiger partial charge in [0.25, 0.3) is 11.8 Å². The molecule has 1 aromatic rings. The SMILES string of the molecule is CC(C)NC(=O)c1cccc(C(=O)NCCCN(C)C)c1. The molecule has 0 aromatic heterocycles. The van der Waals surface area contributed by atoms with E-state index in [0.717, 1.165) is 13.0 Å². The van der Waals surface area contributed by atoms with Gasteiger partial charge in [0, 0.05) is 23.7 Å². The molecule has 0 bridgehead atoms. The largest absolute Gasteiger partial charge is 0.352 e. The summed E-state index contributed by atoms with van der Waals surface area (Å²) in [5, 5.41) is 5.68. The zero-order chi connectivity index (χ0) is 15.8. The van der Waals surface area contributed by atoms with Gasteiger partial charge in [0.15, 0.2) is 0 Å². The molecule has 0 radical (unpaired) electrons. The first-order valence-electron chi connectivity index (χ1n) is 7.24. The van der Waals surface area contributed by atoms with Crippen LogP contribution in [0.25, 0.3) is 0 Å². The van der Waals surface area contributed by atoms with E-state index in [4.69, 9.17) is 0 Å². The second-order valence-electron chi connectivity index (χ2n) is 5.62. The summed E-state index contributed by atoms with van der Waals surface area (Å²) in [4.78, 5) is 26.0. The molecule has 0 saturated heterocycles. The van der Waals surface area contributed by atoms with Gasteiger partial charge in [-0.3, -0.25) is 9.59 Å². The molecule has 5 nitrogen and oxygen atoms in total. The number of carbonyl (C=O) groups is 2. The zero-order valence-electron chi connectivity index (χ0n) is 13.3. The van der Waals surface area contributed by atoms with E-state index in [1.165, 1.54) is 0 Å². The topological polar surface area (TPSA) is 61.4 Å². The summed E-state index contributed by atoms with van der Waals surface area (Å²) in [7, 11) is 4.00. The number of rotatable bonds is 7. The number of benzene rings is 1. The van der Waals surface area contributed by atoms with Gasteiger partial charge in [-0.15, -0.1) is 0 Å². The Morgan fingerprint density at radius 1 is 1.14 bits per heavy atom. The van der Waals surface area contributed by atoms with Gasteiger partial charge >= 0.3 is 0 Å².